The van der Waals surface area contributed by atoms with Crippen molar-refractivity contribution in [1.82, 2.24) is 0 Å². The van der Waals surface area contributed by atoms with Crippen molar-refractivity contribution in [1.29, 1.82) is 0 Å². The summed E-state index contributed by atoms with van der Waals surface area (Å²) in [5.74, 6) is 0. The highest BCUT2D eigenvalue weighted by molar-refractivity contribution is 6.26. The van der Waals surface area contributed by atoms with Gasteiger partial charge >= 0.3 is 0 Å². The second-order valence-electron chi connectivity index (χ2n) is 15.3. The van der Waals surface area contributed by atoms with E-state index in [1.807, 2.05) is 0 Å². The van der Waals surface area contributed by atoms with Gasteiger partial charge in [-0.3, -0.25) is 0 Å². The first-order valence-corrected chi connectivity index (χ1v) is 18.1. The van der Waals surface area contributed by atoms with E-state index < -0.39 is 0 Å². The molecule has 1 nitrogen and oxygen atoms in total. The predicted molar refractivity (Wildman–Crippen MR) is 220 cm³/mol. The van der Waals surface area contributed by atoms with Gasteiger partial charge in [0.05, 0.1) is 5.69 Å². The maximum absolute atomic E-state index is 2.45. The Hall–Kier alpha value is -5.92. The first kappa shape index (κ1) is 29.9. The minimum Gasteiger partial charge on any atom is -0.310 e. The minimum atomic E-state index is -0.0416. The van der Waals surface area contributed by atoms with Gasteiger partial charge in [-0.2, -0.15) is 0 Å². The molecule has 0 amide bonds. The molecule has 0 aliphatic heterocycles. The maximum atomic E-state index is 2.45. The van der Waals surface area contributed by atoms with Gasteiger partial charge in [0.15, 0.2) is 0 Å². The number of hydrogen-bond acceptors (Lipinski definition) is 1. The Labute approximate surface area is 299 Å². The average Bonchev–Trinajstić information content (AvgIpc) is 3.17. The van der Waals surface area contributed by atoms with Crippen molar-refractivity contribution in [3.63, 3.8) is 0 Å². The molecule has 9 aromatic carbocycles. The third kappa shape index (κ3) is 4.15. The molecule has 1 aliphatic rings. The number of benzene rings is 9. The summed E-state index contributed by atoms with van der Waals surface area (Å²) in [6, 6.07) is 60.9. The molecular weight excluding hydrogens is 615 g/mol. The fourth-order valence-corrected chi connectivity index (χ4v) is 9.11. The van der Waals surface area contributed by atoms with Gasteiger partial charge < -0.3 is 4.90 Å². The predicted octanol–water partition coefficient (Wildman–Crippen LogP) is 14.2. The summed E-state index contributed by atoms with van der Waals surface area (Å²) < 4.78 is 0. The van der Waals surface area contributed by atoms with Gasteiger partial charge in [-0.1, -0.05) is 161 Å². The molecule has 1 heteroatoms. The second-order valence-corrected chi connectivity index (χ2v) is 15.3. The van der Waals surface area contributed by atoms with E-state index in [4.69, 9.17) is 0 Å². The highest BCUT2D eigenvalue weighted by Crippen LogP contribution is 2.55. The Balaban J connectivity index is 1.26. The lowest BCUT2D eigenvalue weighted by molar-refractivity contribution is 0.304. The Morgan fingerprint density at radius 2 is 0.922 bits per heavy atom. The summed E-state index contributed by atoms with van der Waals surface area (Å²) in [6.07, 6.45) is 0. The van der Waals surface area contributed by atoms with Gasteiger partial charge in [0.2, 0.25) is 0 Å². The maximum Gasteiger partial charge on any atom is 0.0540 e. The highest BCUT2D eigenvalue weighted by Gasteiger charge is 2.45. The molecule has 0 aromatic heterocycles. The SMILES string of the molecule is CC1(C)c2cccc3ccc4c(-c5ccccc5N(c5ccccc5)c5ccc6c7ccccc7c7ccccc7c6c5)ccc(c4c23)C1(C)C. The number of nitrogens with zero attached hydrogens (tertiary/aromatic N) is 1. The normalized spacial score (nSPS) is 14.6. The van der Waals surface area contributed by atoms with Gasteiger partial charge in [0.25, 0.3) is 0 Å². The fraction of sp³-hybridized carbons (Fsp3) is 0.120. The Morgan fingerprint density at radius 3 is 1.63 bits per heavy atom. The summed E-state index contributed by atoms with van der Waals surface area (Å²) in [5, 5.41) is 13.1. The summed E-state index contributed by atoms with van der Waals surface area (Å²) in [7, 11) is 0. The van der Waals surface area contributed by atoms with Crippen molar-refractivity contribution in [2.75, 3.05) is 4.90 Å². The van der Waals surface area contributed by atoms with Gasteiger partial charge in [0, 0.05) is 16.9 Å². The molecule has 0 atom stereocenters. The largest absolute Gasteiger partial charge is 0.310 e. The number of para-hydroxylation sites is 2. The molecule has 0 saturated heterocycles. The van der Waals surface area contributed by atoms with Crippen LogP contribution in [0.5, 0.6) is 0 Å². The zero-order valence-electron chi connectivity index (χ0n) is 29.5. The van der Waals surface area contributed by atoms with Gasteiger partial charge in [-0.15, -0.1) is 0 Å². The van der Waals surface area contributed by atoms with Crippen LogP contribution in [0.4, 0.5) is 17.1 Å². The lowest BCUT2D eigenvalue weighted by atomic mass is 9.56. The van der Waals surface area contributed by atoms with Crippen LogP contribution in [0.25, 0.3) is 65.0 Å². The van der Waals surface area contributed by atoms with Crippen LogP contribution < -0.4 is 4.90 Å². The molecule has 0 fully saturated rings. The van der Waals surface area contributed by atoms with Crippen LogP contribution in [0.15, 0.2) is 164 Å². The quantitative estimate of drug-likeness (QED) is 0.171. The summed E-state index contributed by atoms with van der Waals surface area (Å²) in [6.45, 7) is 9.68. The van der Waals surface area contributed by atoms with E-state index in [1.54, 1.807) is 0 Å². The molecule has 9 aromatic rings. The Bertz CT molecular complexity index is 2820. The van der Waals surface area contributed by atoms with Crippen molar-refractivity contribution in [3.05, 3.63) is 175 Å². The summed E-state index contributed by atoms with van der Waals surface area (Å²) in [5.41, 5.74) is 8.73. The van der Waals surface area contributed by atoms with Gasteiger partial charge in [-0.05, 0) is 112 Å². The van der Waals surface area contributed by atoms with E-state index in [0.29, 0.717) is 0 Å². The third-order valence-electron chi connectivity index (χ3n) is 12.4. The minimum absolute atomic E-state index is 0.0110. The molecule has 244 valence electrons. The zero-order chi connectivity index (χ0) is 34.5. The van der Waals surface area contributed by atoms with E-state index in [-0.39, 0.29) is 10.8 Å². The molecule has 0 bridgehead atoms. The number of rotatable bonds is 4. The van der Waals surface area contributed by atoms with Gasteiger partial charge in [0.1, 0.15) is 0 Å². The lowest BCUT2D eigenvalue weighted by Crippen LogP contribution is -2.42. The van der Waals surface area contributed by atoms with E-state index >= 15 is 0 Å². The molecule has 0 N–H and O–H groups in total. The average molecular weight is 654 g/mol. The van der Waals surface area contributed by atoms with Crippen LogP contribution in [0.3, 0.4) is 0 Å². The molecule has 0 saturated carbocycles. The molecule has 0 radical (unpaired) electrons. The monoisotopic (exact) mass is 653 g/mol. The molecule has 51 heavy (non-hydrogen) atoms. The summed E-state index contributed by atoms with van der Waals surface area (Å²) >= 11 is 0. The smallest absolute Gasteiger partial charge is 0.0540 e. The molecular formula is C50H39N. The van der Waals surface area contributed by atoms with Crippen molar-refractivity contribution in [2.24, 2.45) is 0 Å². The Morgan fingerprint density at radius 1 is 0.353 bits per heavy atom. The first-order valence-electron chi connectivity index (χ1n) is 18.1. The van der Waals surface area contributed by atoms with E-state index in [0.717, 1.165) is 17.1 Å². The molecule has 0 heterocycles. The van der Waals surface area contributed by atoms with Crippen molar-refractivity contribution in [3.8, 4) is 11.1 Å². The molecule has 0 spiro atoms. The van der Waals surface area contributed by atoms with Crippen LogP contribution >= 0.6 is 0 Å². The van der Waals surface area contributed by atoms with Crippen LogP contribution in [0, 0.1) is 0 Å². The van der Waals surface area contributed by atoms with Gasteiger partial charge in [-0.25, -0.2) is 0 Å². The number of hydrogen-bond donors (Lipinski definition) is 0. The van der Waals surface area contributed by atoms with Crippen molar-refractivity contribution >= 4 is 70.9 Å². The van der Waals surface area contributed by atoms with Crippen LogP contribution in [-0.4, -0.2) is 0 Å². The van der Waals surface area contributed by atoms with E-state index in [1.165, 1.54) is 76.1 Å². The van der Waals surface area contributed by atoms with Crippen LogP contribution in [0.1, 0.15) is 38.8 Å². The highest BCUT2D eigenvalue weighted by atomic mass is 15.1. The fourth-order valence-electron chi connectivity index (χ4n) is 9.11. The Kier molecular flexibility index (Phi) is 6.34. The summed E-state index contributed by atoms with van der Waals surface area (Å²) in [4.78, 5) is 2.45. The van der Waals surface area contributed by atoms with E-state index in [2.05, 4.69) is 196 Å². The number of anilines is 3. The standard InChI is InChI=1S/C50H39N/c1-49(2)44-23-14-15-32-25-27-42-40(29-30-45(50(49,3)4)48(42)47(32)44)41-22-12-13-24-46(41)51(33-16-6-5-7-17-33)34-26-28-39-37-20-9-8-18-35(37)36-19-10-11-21-38(36)43(39)31-34/h5-31H,1-4H3. The van der Waals surface area contributed by atoms with E-state index in [9.17, 15) is 0 Å². The topological polar surface area (TPSA) is 3.24 Å². The van der Waals surface area contributed by atoms with Crippen LogP contribution in [-0.2, 0) is 10.8 Å². The molecule has 10 rings (SSSR count). The lowest BCUT2D eigenvalue weighted by Gasteiger charge is -2.47. The van der Waals surface area contributed by atoms with Crippen LogP contribution in [0.2, 0.25) is 0 Å². The second kappa shape index (κ2) is 10.8. The van der Waals surface area contributed by atoms with Crippen molar-refractivity contribution in [2.45, 2.75) is 38.5 Å². The first-order chi connectivity index (χ1) is 24.8. The molecule has 1 aliphatic carbocycles. The van der Waals surface area contributed by atoms with Crippen molar-refractivity contribution < 1.29 is 0 Å². The number of fused-ring (bicyclic) bond motifs is 6. The third-order valence-corrected chi connectivity index (χ3v) is 12.4. The molecule has 0 unspecified atom stereocenters. The zero-order valence-corrected chi connectivity index (χ0v) is 29.5.